The molecule has 18 heavy (non-hydrogen) atoms. The van der Waals surface area contributed by atoms with Gasteiger partial charge in [-0.1, -0.05) is 18.9 Å². The smallest absolute Gasteiger partial charge is 0.235 e. The van der Waals surface area contributed by atoms with Crippen molar-refractivity contribution < 1.29 is 14.3 Å². The third-order valence-corrected chi connectivity index (χ3v) is 3.77. The lowest BCUT2D eigenvalue weighted by atomic mass is 9.88. The molecule has 3 rings (SSSR count). The van der Waals surface area contributed by atoms with Crippen molar-refractivity contribution in [3.05, 3.63) is 23.8 Å². The van der Waals surface area contributed by atoms with Gasteiger partial charge in [-0.15, -0.1) is 0 Å². The molecule has 0 unspecified atom stereocenters. The van der Waals surface area contributed by atoms with E-state index in [-0.39, 0.29) is 0 Å². The lowest BCUT2D eigenvalue weighted by molar-refractivity contribution is 0.171. The predicted octanol–water partition coefficient (Wildman–Crippen LogP) is 2.56. The zero-order valence-corrected chi connectivity index (χ0v) is 10.1. The van der Waals surface area contributed by atoms with Crippen molar-refractivity contribution in [3.63, 3.8) is 0 Å². The number of ether oxygens (including phenoxy) is 2. The highest BCUT2D eigenvalue weighted by atomic mass is 16.6. The van der Waals surface area contributed by atoms with Crippen LogP contribution in [0.1, 0.15) is 31.2 Å². The Morgan fingerprint density at radius 1 is 1.11 bits per heavy atom. The van der Waals surface area contributed by atoms with Gasteiger partial charge in [0, 0.05) is 0 Å². The Bertz CT molecular complexity index is 500. The zero-order chi connectivity index (χ0) is 12.4. The fraction of sp³-hybridized carbons (Fsp3) is 0.500. The largest absolute Gasteiger partial charge is 0.486 e. The van der Waals surface area contributed by atoms with E-state index in [4.69, 9.17) is 9.47 Å². The molecule has 1 saturated carbocycles. The molecule has 94 valence electrons. The van der Waals surface area contributed by atoms with Gasteiger partial charge in [-0.05, 0) is 30.5 Å². The molecule has 0 radical (unpaired) electrons. The minimum Gasteiger partial charge on any atom is -0.486 e. The highest BCUT2D eigenvalue weighted by molar-refractivity contribution is 5.47. The SMILES string of the molecule is O=C=NC1(c2ccc3c(c2)OCCO3)CCCC1. The molecule has 1 fully saturated rings. The molecule has 1 aromatic rings. The Balaban J connectivity index is 2.02. The van der Waals surface area contributed by atoms with Gasteiger partial charge < -0.3 is 9.47 Å². The average Bonchev–Trinajstić information content (AvgIpc) is 2.88. The molecule has 0 atom stereocenters. The Morgan fingerprint density at radius 3 is 2.56 bits per heavy atom. The molecule has 1 aromatic carbocycles. The number of hydrogen-bond donors (Lipinski definition) is 0. The first-order valence-corrected chi connectivity index (χ1v) is 6.33. The van der Waals surface area contributed by atoms with Crippen molar-refractivity contribution >= 4 is 6.08 Å². The summed E-state index contributed by atoms with van der Waals surface area (Å²) in [7, 11) is 0. The molecule has 4 nitrogen and oxygen atoms in total. The zero-order valence-electron chi connectivity index (χ0n) is 10.1. The molecule has 0 N–H and O–H groups in total. The van der Waals surface area contributed by atoms with E-state index >= 15 is 0 Å². The number of nitrogens with zero attached hydrogens (tertiary/aromatic N) is 1. The van der Waals surface area contributed by atoms with Crippen LogP contribution in [0.15, 0.2) is 23.2 Å². The van der Waals surface area contributed by atoms with E-state index < -0.39 is 5.54 Å². The fourth-order valence-electron chi connectivity index (χ4n) is 2.85. The number of fused-ring (bicyclic) bond motifs is 1. The molecule has 0 amide bonds. The Labute approximate surface area is 106 Å². The summed E-state index contributed by atoms with van der Waals surface area (Å²) >= 11 is 0. The number of benzene rings is 1. The number of aliphatic imine (C=N–C) groups is 1. The molecule has 0 bridgehead atoms. The van der Waals surface area contributed by atoms with E-state index in [2.05, 4.69) is 4.99 Å². The second-order valence-corrected chi connectivity index (χ2v) is 4.80. The maximum atomic E-state index is 10.7. The molecular formula is C14H15NO3. The van der Waals surface area contributed by atoms with Crippen molar-refractivity contribution in [2.24, 2.45) is 4.99 Å². The summed E-state index contributed by atoms with van der Waals surface area (Å²) in [6, 6.07) is 5.85. The number of hydrogen-bond acceptors (Lipinski definition) is 4. The van der Waals surface area contributed by atoms with Gasteiger partial charge in [-0.2, -0.15) is 4.99 Å². The van der Waals surface area contributed by atoms with E-state index in [0.29, 0.717) is 13.2 Å². The van der Waals surface area contributed by atoms with Crippen molar-refractivity contribution in [3.8, 4) is 11.5 Å². The lowest BCUT2D eigenvalue weighted by Crippen LogP contribution is -2.20. The highest BCUT2D eigenvalue weighted by Crippen LogP contribution is 2.44. The lowest BCUT2D eigenvalue weighted by Gasteiger charge is -2.25. The molecule has 1 aliphatic carbocycles. The van der Waals surface area contributed by atoms with Gasteiger partial charge >= 0.3 is 0 Å². The van der Waals surface area contributed by atoms with E-state index in [9.17, 15) is 4.79 Å². The second kappa shape index (κ2) is 4.46. The van der Waals surface area contributed by atoms with Gasteiger partial charge in [-0.25, -0.2) is 4.79 Å². The fourth-order valence-corrected chi connectivity index (χ4v) is 2.85. The Kier molecular flexibility index (Phi) is 2.80. The van der Waals surface area contributed by atoms with E-state index in [1.807, 2.05) is 18.2 Å². The predicted molar refractivity (Wildman–Crippen MR) is 65.7 cm³/mol. The average molecular weight is 245 g/mol. The third kappa shape index (κ3) is 1.79. The van der Waals surface area contributed by atoms with E-state index in [0.717, 1.165) is 42.7 Å². The topological polar surface area (TPSA) is 47.9 Å². The van der Waals surface area contributed by atoms with Gasteiger partial charge in [-0.3, -0.25) is 0 Å². The normalized spacial score (nSPS) is 20.2. The first-order chi connectivity index (χ1) is 8.84. The maximum Gasteiger partial charge on any atom is 0.235 e. The van der Waals surface area contributed by atoms with Crippen molar-refractivity contribution in [2.45, 2.75) is 31.2 Å². The summed E-state index contributed by atoms with van der Waals surface area (Å²) in [5, 5.41) is 0. The van der Waals surface area contributed by atoms with Gasteiger partial charge in [0.25, 0.3) is 0 Å². The van der Waals surface area contributed by atoms with Crippen LogP contribution in [0.25, 0.3) is 0 Å². The van der Waals surface area contributed by atoms with E-state index in [1.165, 1.54) is 0 Å². The molecule has 1 heterocycles. The van der Waals surface area contributed by atoms with Crippen LogP contribution in [0, 0.1) is 0 Å². The first-order valence-electron chi connectivity index (χ1n) is 6.33. The maximum absolute atomic E-state index is 10.7. The molecule has 1 aliphatic heterocycles. The Hall–Kier alpha value is -1.80. The highest BCUT2D eigenvalue weighted by Gasteiger charge is 2.36. The molecular weight excluding hydrogens is 230 g/mol. The van der Waals surface area contributed by atoms with Crippen LogP contribution >= 0.6 is 0 Å². The summed E-state index contributed by atoms with van der Waals surface area (Å²) < 4.78 is 11.1. The van der Waals surface area contributed by atoms with Gasteiger partial charge in [0.1, 0.15) is 13.2 Å². The van der Waals surface area contributed by atoms with E-state index in [1.54, 1.807) is 6.08 Å². The van der Waals surface area contributed by atoms with Crippen LogP contribution in [0.3, 0.4) is 0 Å². The van der Waals surface area contributed by atoms with Crippen molar-refractivity contribution in [1.82, 2.24) is 0 Å². The van der Waals surface area contributed by atoms with Crippen molar-refractivity contribution in [1.29, 1.82) is 0 Å². The van der Waals surface area contributed by atoms with Gasteiger partial charge in [0.2, 0.25) is 6.08 Å². The third-order valence-electron chi connectivity index (χ3n) is 3.77. The van der Waals surface area contributed by atoms with Crippen LogP contribution in [0.5, 0.6) is 11.5 Å². The molecule has 4 heteroatoms. The summed E-state index contributed by atoms with van der Waals surface area (Å²) in [6.07, 6.45) is 5.73. The number of rotatable bonds is 2. The molecule has 0 saturated heterocycles. The summed E-state index contributed by atoms with van der Waals surface area (Å²) in [5.74, 6) is 1.53. The standard InChI is InChI=1S/C14H15NO3/c16-10-15-14(5-1-2-6-14)11-3-4-12-13(9-11)18-8-7-17-12/h3-4,9H,1-2,5-8H2. The van der Waals surface area contributed by atoms with Crippen LogP contribution in [0.4, 0.5) is 0 Å². The van der Waals surface area contributed by atoms with Crippen molar-refractivity contribution in [2.75, 3.05) is 13.2 Å². The minimum absolute atomic E-state index is 0.391. The van der Waals surface area contributed by atoms with Gasteiger partial charge in [0.15, 0.2) is 11.5 Å². The minimum atomic E-state index is -0.391. The molecule has 0 aromatic heterocycles. The Morgan fingerprint density at radius 2 is 1.83 bits per heavy atom. The quantitative estimate of drug-likeness (QED) is 0.594. The molecule has 0 spiro atoms. The number of carbonyl (C=O) groups excluding carboxylic acids is 1. The summed E-state index contributed by atoms with van der Waals surface area (Å²) in [4.78, 5) is 14.8. The van der Waals surface area contributed by atoms with Crippen LogP contribution in [-0.4, -0.2) is 19.3 Å². The van der Waals surface area contributed by atoms with Crippen LogP contribution < -0.4 is 9.47 Å². The van der Waals surface area contributed by atoms with Gasteiger partial charge in [0.05, 0.1) is 5.54 Å². The first kappa shape index (κ1) is 11.3. The van der Waals surface area contributed by atoms with Crippen LogP contribution in [0.2, 0.25) is 0 Å². The summed E-state index contributed by atoms with van der Waals surface area (Å²) in [6.45, 7) is 1.16. The monoisotopic (exact) mass is 245 g/mol. The summed E-state index contributed by atoms with van der Waals surface area (Å²) in [5.41, 5.74) is 0.644. The molecule has 2 aliphatic rings. The second-order valence-electron chi connectivity index (χ2n) is 4.80. The van der Waals surface area contributed by atoms with Crippen LogP contribution in [-0.2, 0) is 10.3 Å². The number of isocyanates is 1.